The summed E-state index contributed by atoms with van der Waals surface area (Å²) in [6.07, 6.45) is -14.4. The molecule has 30 heavy (non-hydrogen) atoms. The van der Waals surface area contributed by atoms with Crippen molar-refractivity contribution in [3.63, 3.8) is 0 Å². The van der Waals surface area contributed by atoms with Crippen LogP contribution in [0.2, 0.25) is 0 Å². The average Bonchev–Trinajstić information content (AvgIpc) is 2.50. The second-order valence-corrected chi connectivity index (χ2v) is 5.11. The highest BCUT2D eigenvalue weighted by Crippen LogP contribution is 2.63. The molecule has 180 valence electrons. The number of alkyl halides is 17. The van der Waals surface area contributed by atoms with Gasteiger partial charge in [-0.25, -0.2) is 4.39 Å². The summed E-state index contributed by atoms with van der Waals surface area (Å²) in [6, 6.07) is 0. The Morgan fingerprint density at radius 2 is 0.667 bits per heavy atom. The minimum absolute atomic E-state index is 4.94. The van der Waals surface area contributed by atoms with E-state index in [4.69, 9.17) is 5.11 Å². The van der Waals surface area contributed by atoms with Gasteiger partial charge in [0.05, 0.1) is 0 Å². The Morgan fingerprint density at radius 1 is 0.400 bits per heavy atom. The maximum Gasteiger partial charge on any atom is 0.445 e. The number of hydrogen-bond donors (Lipinski definition) is 1. The lowest BCUT2D eigenvalue weighted by molar-refractivity contribution is -0.460. The molecule has 0 bridgehead atoms. The third kappa shape index (κ3) is 3.63. The van der Waals surface area contributed by atoms with Crippen LogP contribution < -0.4 is 0 Å². The van der Waals surface area contributed by atoms with E-state index in [-0.39, 0.29) is 0 Å². The summed E-state index contributed by atoms with van der Waals surface area (Å²) >= 11 is 0. The van der Waals surface area contributed by atoms with Gasteiger partial charge in [0.1, 0.15) is 0 Å². The molecule has 0 aliphatic rings. The zero-order valence-electron chi connectivity index (χ0n) is 12.6. The standard InChI is InChI=1S/C10HF19O/c11-1(2(12)4(15,16)17)3(13,14)5(18,19)6(20,21)7(22,23)8(24,25)9(26,27)10(28,29)30/h30H. The van der Waals surface area contributed by atoms with Gasteiger partial charge in [-0.3, -0.25) is 0 Å². The lowest BCUT2D eigenvalue weighted by atomic mass is 9.90. The van der Waals surface area contributed by atoms with Crippen molar-refractivity contribution in [3.8, 4) is 0 Å². The van der Waals surface area contributed by atoms with Crippen molar-refractivity contribution < 1.29 is 88.5 Å². The third-order valence-corrected chi connectivity index (χ3v) is 3.07. The number of rotatable bonds is 7. The Kier molecular flexibility index (Phi) is 6.56. The highest BCUT2D eigenvalue weighted by Gasteiger charge is 2.93. The van der Waals surface area contributed by atoms with Gasteiger partial charge >= 0.3 is 47.8 Å². The van der Waals surface area contributed by atoms with E-state index >= 15 is 0 Å². The minimum atomic E-state index is -8.77. The van der Waals surface area contributed by atoms with E-state index in [1.165, 1.54) is 0 Å². The molecule has 0 aromatic heterocycles. The molecule has 0 saturated heterocycles. The molecule has 1 nitrogen and oxygen atoms in total. The van der Waals surface area contributed by atoms with Crippen LogP contribution in [0.1, 0.15) is 0 Å². The van der Waals surface area contributed by atoms with Crippen molar-refractivity contribution in [1.82, 2.24) is 0 Å². The van der Waals surface area contributed by atoms with Crippen LogP contribution in [0, 0.1) is 0 Å². The number of hydrogen-bond acceptors (Lipinski definition) is 1. The van der Waals surface area contributed by atoms with E-state index in [1.807, 2.05) is 0 Å². The predicted octanol–water partition coefficient (Wildman–Crippen LogP) is 6.10. The van der Waals surface area contributed by atoms with Crippen molar-refractivity contribution in [2.75, 3.05) is 0 Å². The second-order valence-electron chi connectivity index (χ2n) is 5.11. The first kappa shape index (κ1) is 28.4. The predicted molar refractivity (Wildman–Crippen MR) is 52.1 cm³/mol. The molecule has 0 amide bonds. The molecule has 0 heterocycles. The zero-order chi connectivity index (χ0) is 25.2. The summed E-state index contributed by atoms with van der Waals surface area (Å²) in [5.41, 5.74) is 0. The van der Waals surface area contributed by atoms with Crippen molar-refractivity contribution in [1.29, 1.82) is 0 Å². The van der Waals surface area contributed by atoms with E-state index in [1.54, 1.807) is 0 Å². The molecule has 0 fully saturated rings. The molecule has 0 atom stereocenters. The molecule has 0 radical (unpaired) electrons. The first-order valence-corrected chi connectivity index (χ1v) is 6.06. The summed E-state index contributed by atoms with van der Waals surface area (Å²) in [6.45, 7) is 0. The fourth-order valence-corrected chi connectivity index (χ4v) is 1.38. The quantitative estimate of drug-likeness (QED) is 0.421. The molecule has 0 spiro atoms. The van der Waals surface area contributed by atoms with Crippen LogP contribution in [0.25, 0.3) is 0 Å². The summed E-state index contributed by atoms with van der Waals surface area (Å²) in [4.78, 5) is 0. The largest absolute Gasteiger partial charge is 0.445 e. The Hall–Kier alpha value is -1.63. The van der Waals surface area contributed by atoms with Crippen LogP contribution in [0.5, 0.6) is 0 Å². The monoisotopic (exact) mass is 498 g/mol. The van der Waals surface area contributed by atoms with Crippen LogP contribution in [0.3, 0.4) is 0 Å². The molecule has 0 unspecified atom stereocenters. The fraction of sp³-hybridized carbons (Fsp3) is 0.800. The van der Waals surface area contributed by atoms with Gasteiger partial charge < -0.3 is 5.11 Å². The molecule has 0 aliphatic heterocycles. The van der Waals surface area contributed by atoms with E-state index in [0.717, 1.165) is 0 Å². The summed E-state index contributed by atoms with van der Waals surface area (Å²) in [5.74, 6) is -61.0. The first-order valence-electron chi connectivity index (χ1n) is 6.06. The Bertz CT molecular complexity index is 676. The number of aliphatic hydroxyl groups is 1. The maximum atomic E-state index is 13.1. The molecule has 0 aromatic rings. The van der Waals surface area contributed by atoms with Gasteiger partial charge in [-0.05, 0) is 0 Å². The van der Waals surface area contributed by atoms with Crippen molar-refractivity contribution in [2.24, 2.45) is 0 Å². The molecular weight excluding hydrogens is 497 g/mol. The van der Waals surface area contributed by atoms with E-state index in [2.05, 4.69) is 0 Å². The lowest BCUT2D eigenvalue weighted by Gasteiger charge is -2.41. The van der Waals surface area contributed by atoms with Gasteiger partial charge in [-0.1, -0.05) is 0 Å². The van der Waals surface area contributed by atoms with Crippen LogP contribution in [0.15, 0.2) is 11.7 Å². The van der Waals surface area contributed by atoms with Crippen LogP contribution in [0.4, 0.5) is 83.4 Å². The van der Waals surface area contributed by atoms with Crippen LogP contribution in [-0.2, 0) is 0 Å². The maximum absolute atomic E-state index is 13.1. The topological polar surface area (TPSA) is 20.2 Å². The van der Waals surface area contributed by atoms with Crippen molar-refractivity contribution in [2.45, 2.75) is 47.8 Å². The third-order valence-electron chi connectivity index (χ3n) is 3.07. The molecule has 1 N–H and O–H groups in total. The van der Waals surface area contributed by atoms with Gasteiger partial charge in [-0.2, -0.15) is 79.0 Å². The van der Waals surface area contributed by atoms with E-state index < -0.39 is 59.5 Å². The minimum Gasteiger partial charge on any atom is -0.331 e. The highest BCUT2D eigenvalue weighted by molar-refractivity contribution is 5.23. The zero-order valence-corrected chi connectivity index (χ0v) is 12.6. The molecule has 0 rings (SSSR count). The first-order chi connectivity index (χ1) is 12.6. The van der Waals surface area contributed by atoms with Gasteiger partial charge in [-0.15, -0.1) is 0 Å². The van der Waals surface area contributed by atoms with E-state index in [0.29, 0.717) is 0 Å². The summed E-state index contributed by atoms with van der Waals surface area (Å²) in [5, 5.41) is 7.40. The fourth-order valence-electron chi connectivity index (χ4n) is 1.38. The van der Waals surface area contributed by atoms with Gasteiger partial charge in [0.2, 0.25) is 11.7 Å². The van der Waals surface area contributed by atoms with Gasteiger partial charge in [0.25, 0.3) is 0 Å². The normalized spacial score (nSPS) is 17.2. The highest BCUT2D eigenvalue weighted by atomic mass is 19.4. The average molecular weight is 498 g/mol. The molecule has 0 saturated carbocycles. The van der Waals surface area contributed by atoms with Gasteiger partial charge in [0.15, 0.2) is 0 Å². The second kappa shape index (κ2) is 6.94. The van der Waals surface area contributed by atoms with Crippen molar-refractivity contribution in [3.05, 3.63) is 11.7 Å². The van der Waals surface area contributed by atoms with Crippen LogP contribution in [-0.4, -0.2) is 52.9 Å². The van der Waals surface area contributed by atoms with Crippen molar-refractivity contribution >= 4 is 0 Å². The SMILES string of the molecule is OC(F)(F)C(F)(F)C(F)(F)C(F)(F)C(F)(F)C(F)(F)C(F)(F)C(F)=C(F)C(F)(F)F. The Balaban J connectivity index is 6.86. The van der Waals surface area contributed by atoms with Gasteiger partial charge in [0, 0.05) is 0 Å². The molecule has 0 aliphatic carbocycles. The molecule has 0 aromatic carbocycles. The Labute approximate surface area is 149 Å². The Morgan fingerprint density at radius 3 is 0.933 bits per heavy atom. The smallest absolute Gasteiger partial charge is 0.331 e. The summed E-state index contributed by atoms with van der Waals surface area (Å²) in [7, 11) is 0. The van der Waals surface area contributed by atoms with E-state index in [9.17, 15) is 83.4 Å². The molecule has 20 heteroatoms. The van der Waals surface area contributed by atoms with Crippen LogP contribution >= 0.6 is 0 Å². The lowest BCUT2D eigenvalue weighted by Crippen LogP contribution is -2.73. The summed E-state index contributed by atoms with van der Waals surface area (Å²) < 4.78 is 239. The molecular formula is C10HF19O. The number of allylic oxidation sites excluding steroid dienone is 2. The number of halogens is 19.